The van der Waals surface area contributed by atoms with Gasteiger partial charge in [-0.15, -0.1) is 0 Å². The maximum absolute atomic E-state index is 12.0. The van der Waals surface area contributed by atoms with E-state index < -0.39 is 28.5 Å². The van der Waals surface area contributed by atoms with Crippen LogP contribution in [0.3, 0.4) is 0 Å². The summed E-state index contributed by atoms with van der Waals surface area (Å²) in [5.41, 5.74) is 0.507. The number of sulfonamides is 1. The number of aliphatic imine (C=N–C) groups is 1. The highest BCUT2D eigenvalue weighted by Crippen LogP contribution is 2.30. The van der Waals surface area contributed by atoms with Gasteiger partial charge in [-0.1, -0.05) is 24.3 Å². The second-order valence-electron chi connectivity index (χ2n) is 7.40. The quantitative estimate of drug-likeness (QED) is 0.432. The number of fused-ring (bicyclic) bond motifs is 2. The van der Waals surface area contributed by atoms with Crippen molar-refractivity contribution in [2.24, 2.45) is 4.99 Å². The lowest BCUT2D eigenvalue weighted by Gasteiger charge is -2.26. The molecule has 1 unspecified atom stereocenters. The summed E-state index contributed by atoms with van der Waals surface area (Å²) < 4.78 is 42.8. The Morgan fingerprint density at radius 2 is 1.88 bits per heavy atom. The van der Waals surface area contributed by atoms with Crippen molar-refractivity contribution >= 4 is 27.7 Å². The van der Waals surface area contributed by atoms with E-state index in [0.717, 1.165) is 0 Å². The van der Waals surface area contributed by atoms with Gasteiger partial charge in [0, 0.05) is 18.5 Å². The number of carbonyl (C=O) groups is 2. The molecule has 0 bridgehead atoms. The zero-order valence-corrected chi connectivity index (χ0v) is 18.5. The Labute approximate surface area is 191 Å². The van der Waals surface area contributed by atoms with Crippen molar-refractivity contribution in [2.75, 3.05) is 26.3 Å². The Bertz CT molecular complexity index is 1180. The lowest BCUT2D eigenvalue weighted by atomic mass is 10.2. The summed E-state index contributed by atoms with van der Waals surface area (Å²) in [5.74, 6) is 0.558. The Morgan fingerprint density at radius 3 is 2.73 bits per heavy atom. The summed E-state index contributed by atoms with van der Waals surface area (Å²) in [7, 11) is -3.59. The maximum Gasteiger partial charge on any atom is 0.306 e. The number of ether oxygens (including phenoxy) is 3. The minimum atomic E-state index is -3.59. The number of carbonyl (C=O) groups excluding carboxylic acids is 2. The second-order valence-corrected chi connectivity index (χ2v) is 9.05. The molecule has 11 heteroatoms. The van der Waals surface area contributed by atoms with Crippen LogP contribution in [0.5, 0.6) is 11.5 Å². The van der Waals surface area contributed by atoms with Gasteiger partial charge in [0.15, 0.2) is 18.1 Å². The van der Waals surface area contributed by atoms with E-state index >= 15 is 0 Å². The van der Waals surface area contributed by atoms with Crippen LogP contribution in [0, 0.1) is 0 Å². The van der Waals surface area contributed by atoms with Gasteiger partial charge < -0.3 is 19.5 Å². The number of esters is 1. The molecule has 2 aliphatic heterocycles. The first-order valence-electron chi connectivity index (χ1n) is 10.4. The Balaban J connectivity index is 1.14. The molecule has 0 saturated carbocycles. The molecule has 2 aromatic carbocycles. The molecule has 10 nitrogen and oxygen atoms in total. The summed E-state index contributed by atoms with van der Waals surface area (Å²) in [4.78, 5) is 28.2. The van der Waals surface area contributed by atoms with Crippen molar-refractivity contribution < 1.29 is 32.2 Å². The predicted octanol–water partition coefficient (Wildman–Crippen LogP) is 1.00. The van der Waals surface area contributed by atoms with Gasteiger partial charge in [-0.05, 0) is 30.7 Å². The van der Waals surface area contributed by atoms with Gasteiger partial charge in [-0.2, -0.15) is 0 Å². The summed E-state index contributed by atoms with van der Waals surface area (Å²) >= 11 is 0. The van der Waals surface area contributed by atoms with Gasteiger partial charge in [-0.3, -0.25) is 19.3 Å². The molecule has 2 aromatic rings. The number of hydrogen-bond donors (Lipinski definition) is 2. The SMILES string of the molecule is O=C(COC(=O)CCCN=C1NS(=O)(=O)c2ccccc21)NCC1COc2ccccc2O1. The number of amidine groups is 1. The van der Waals surface area contributed by atoms with Gasteiger partial charge >= 0.3 is 5.97 Å². The van der Waals surface area contributed by atoms with Gasteiger partial charge in [0.1, 0.15) is 18.5 Å². The van der Waals surface area contributed by atoms with E-state index in [9.17, 15) is 18.0 Å². The van der Waals surface area contributed by atoms with Crippen molar-refractivity contribution in [3.05, 3.63) is 54.1 Å². The third-order valence-electron chi connectivity index (χ3n) is 4.93. The molecule has 33 heavy (non-hydrogen) atoms. The smallest absolute Gasteiger partial charge is 0.306 e. The number of amides is 1. The van der Waals surface area contributed by atoms with Crippen LogP contribution >= 0.6 is 0 Å². The molecule has 0 aliphatic carbocycles. The third-order valence-corrected chi connectivity index (χ3v) is 6.33. The standard InChI is InChI=1S/C22H23N3O7S/c26-20(24-12-15-13-30-17-7-2-3-8-18(17)32-15)14-31-21(27)10-5-11-23-22-16-6-1-4-9-19(16)33(28,29)25-22/h1-4,6-9,15H,5,10-14H2,(H,23,25)(H,24,26). The van der Waals surface area contributed by atoms with E-state index in [1.54, 1.807) is 30.3 Å². The molecule has 0 fully saturated rings. The largest absolute Gasteiger partial charge is 0.486 e. The molecule has 0 saturated heterocycles. The van der Waals surface area contributed by atoms with E-state index in [4.69, 9.17) is 14.2 Å². The van der Waals surface area contributed by atoms with Gasteiger partial charge in [0.05, 0.1) is 11.4 Å². The van der Waals surface area contributed by atoms with E-state index in [1.165, 1.54) is 6.07 Å². The summed E-state index contributed by atoms with van der Waals surface area (Å²) in [6.45, 7) is 0.360. The van der Waals surface area contributed by atoms with Crippen LogP contribution in [0.25, 0.3) is 0 Å². The van der Waals surface area contributed by atoms with E-state index in [-0.39, 0.29) is 36.3 Å². The lowest BCUT2D eigenvalue weighted by molar-refractivity contribution is -0.148. The molecule has 1 atom stereocenters. The van der Waals surface area contributed by atoms with Crippen LogP contribution in [-0.2, 0) is 24.3 Å². The molecular weight excluding hydrogens is 450 g/mol. The Hall–Kier alpha value is -3.60. The average molecular weight is 474 g/mol. The van der Waals surface area contributed by atoms with Gasteiger partial charge in [-0.25, -0.2) is 8.42 Å². The minimum Gasteiger partial charge on any atom is -0.486 e. The first kappa shape index (κ1) is 22.6. The number of hydrogen-bond acceptors (Lipinski definition) is 8. The molecule has 0 spiro atoms. The van der Waals surface area contributed by atoms with Gasteiger partial charge in [0.25, 0.3) is 15.9 Å². The molecule has 2 N–H and O–H groups in total. The highest BCUT2D eigenvalue weighted by Gasteiger charge is 2.29. The van der Waals surface area contributed by atoms with Crippen LogP contribution in [0.2, 0.25) is 0 Å². The molecule has 2 heterocycles. The highest BCUT2D eigenvalue weighted by atomic mass is 32.2. The van der Waals surface area contributed by atoms with Crippen LogP contribution in [-0.4, -0.2) is 58.5 Å². The zero-order valence-electron chi connectivity index (χ0n) is 17.7. The van der Waals surface area contributed by atoms with Crippen molar-refractivity contribution in [3.8, 4) is 11.5 Å². The van der Waals surface area contributed by atoms with Crippen LogP contribution < -0.4 is 19.5 Å². The second kappa shape index (κ2) is 9.90. The van der Waals surface area contributed by atoms with Crippen molar-refractivity contribution in [2.45, 2.75) is 23.8 Å². The number of para-hydroxylation sites is 2. The molecule has 1 amide bonds. The number of rotatable bonds is 8. The molecular formula is C22H23N3O7S. The topological polar surface area (TPSA) is 132 Å². The van der Waals surface area contributed by atoms with Crippen molar-refractivity contribution in [3.63, 3.8) is 0 Å². The number of nitrogens with zero attached hydrogens (tertiary/aromatic N) is 1. The zero-order chi connectivity index (χ0) is 23.3. The van der Waals surface area contributed by atoms with Crippen molar-refractivity contribution in [1.29, 1.82) is 0 Å². The molecule has 2 aliphatic rings. The molecule has 174 valence electrons. The fourth-order valence-electron chi connectivity index (χ4n) is 3.33. The van der Waals surface area contributed by atoms with Gasteiger partial charge in [0.2, 0.25) is 0 Å². The first-order valence-corrected chi connectivity index (χ1v) is 11.9. The lowest BCUT2D eigenvalue weighted by Crippen LogP contribution is -2.42. The number of benzene rings is 2. The first-order chi connectivity index (χ1) is 15.9. The third kappa shape index (κ3) is 5.61. The predicted molar refractivity (Wildman–Crippen MR) is 118 cm³/mol. The number of nitrogens with one attached hydrogen (secondary N) is 2. The Kier molecular flexibility index (Phi) is 6.78. The van der Waals surface area contributed by atoms with Crippen LogP contribution in [0.1, 0.15) is 18.4 Å². The fraction of sp³-hybridized carbons (Fsp3) is 0.318. The fourth-order valence-corrected chi connectivity index (χ4v) is 4.58. The monoisotopic (exact) mass is 473 g/mol. The molecule has 4 rings (SSSR count). The van der Waals surface area contributed by atoms with Crippen LogP contribution in [0.15, 0.2) is 58.4 Å². The maximum atomic E-state index is 12.0. The molecule has 0 radical (unpaired) electrons. The Morgan fingerprint density at radius 1 is 1.12 bits per heavy atom. The van der Waals surface area contributed by atoms with Crippen molar-refractivity contribution in [1.82, 2.24) is 10.0 Å². The molecule has 0 aromatic heterocycles. The average Bonchev–Trinajstić information content (AvgIpc) is 3.09. The summed E-state index contributed by atoms with van der Waals surface area (Å²) in [6, 6.07) is 13.8. The van der Waals surface area contributed by atoms with E-state index in [2.05, 4.69) is 15.0 Å². The highest BCUT2D eigenvalue weighted by molar-refractivity contribution is 7.90. The minimum absolute atomic E-state index is 0.0504. The summed E-state index contributed by atoms with van der Waals surface area (Å²) in [6.07, 6.45) is 0.0618. The summed E-state index contributed by atoms with van der Waals surface area (Å²) in [5, 5.41) is 2.65. The van der Waals surface area contributed by atoms with E-state index in [0.29, 0.717) is 30.1 Å². The van der Waals surface area contributed by atoms with Crippen LogP contribution in [0.4, 0.5) is 0 Å². The normalized spacial score (nSPS) is 18.8. The van der Waals surface area contributed by atoms with E-state index in [1.807, 2.05) is 12.1 Å².